The second kappa shape index (κ2) is 6.31. The molecule has 0 saturated carbocycles. The monoisotopic (exact) mass is 283 g/mol. The van der Waals surface area contributed by atoms with Crippen molar-refractivity contribution in [3.8, 4) is 11.5 Å². The Morgan fingerprint density at radius 1 is 1.05 bits per heavy atom. The van der Waals surface area contributed by atoms with Crippen molar-refractivity contribution in [2.45, 2.75) is 12.5 Å². The van der Waals surface area contributed by atoms with Gasteiger partial charge in [-0.1, -0.05) is 42.5 Å². The average molecular weight is 283 g/mol. The van der Waals surface area contributed by atoms with Gasteiger partial charge in [-0.15, -0.1) is 0 Å². The van der Waals surface area contributed by atoms with Gasteiger partial charge in [0.15, 0.2) is 11.5 Å². The molecular formula is C17H17NO3. The number of ether oxygens (including phenoxy) is 2. The van der Waals surface area contributed by atoms with Crippen molar-refractivity contribution < 1.29 is 14.3 Å². The molecule has 0 radical (unpaired) electrons. The maximum atomic E-state index is 11.9. The molecule has 0 aliphatic carbocycles. The first-order chi connectivity index (χ1) is 10.3. The molecule has 4 nitrogen and oxygen atoms in total. The first kappa shape index (κ1) is 13.5. The lowest BCUT2D eigenvalue weighted by atomic mass is 10.1. The Balaban J connectivity index is 1.49. The van der Waals surface area contributed by atoms with Gasteiger partial charge in [0.2, 0.25) is 5.91 Å². The summed E-state index contributed by atoms with van der Waals surface area (Å²) in [6, 6.07) is 17.2. The van der Waals surface area contributed by atoms with Crippen LogP contribution in [0.5, 0.6) is 11.5 Å². The van der Waals surface area contributed by atoms with Gasteiger partial charge >= 0.3 is 0 Å². The molecule has 0 aromatic heterocycles. The van der Waals surface area contributed by atoms with Crippen LogP contribution in [-0.4, -0.2) is 25.2 Å². The molecule has 1 N–H and O–H groups in total. The zero-order valence-corrected chi connectivity index (χ0v) is 11.6. The maximum absolute atomic E-state index is 11.9. The summed E-state index contributed by atoms with van der Waals surface area (Å²) in [4.78, 5) is 11.9. The third-order valence-corrected chi connectivity index (χ3v) is 3.30. The Bertz CT molecular complexity index is 612. The van der Waals surface area contributed by atoms with Gasteiger partial charge in [0.1, 0.15) is 12.7 Å². The molecule has 1 atom stereocenters. The van der Waals surface area contributed by atoms with Crippen molar-refractivity contribution in [3.63, 3.8) is 0 Å². The molecule has 1 heterocycles. The second-order valence-electron chi connectivity index (χ2n) is 4.96. The molecule has 3 rings (SSSR count). The topological polar surface area (TPSA) is 47.6 Å². The minimum absolute atomic E-state index is 0.0105. The quantitative estimate of drug-likeness (QED) is 0.935. The zero-order valence-electron chi connectivity index (χ0n) is 11.6. The summed E-state index contributed by atoms with van der Waals surface area (Å²) >= 11 is 0. The predicted octanol–water partition coefficient (Wildman–Crippen LogP) is 2.19. The molecule has 21 heavy (non-hydrogen) atoms. The summed E-state index contributed by atoms with van der Waals surface area (Å²) in [5, 5.41) is 2.89. The third kappa shape index (κ3) is 3.54. The van der Waals surface area contributed by atoms with Crippen molar-refractivity contribution in [2.24, 2.45) is 0 Å². The van der Waals surface area contributed by atoms with Crippen LogP contribution < -0.4 is 14.8 Å². The molecule has 0 saturated heterocycles. The fraction of sp³-hybridized carbons (Fsp3) is 0.235. The number of amides is 1. The standard InChI is InChI=1S/C17H17NO3/c19-17(10-13-6-2-1-3-7-13)18-11-14-12-20-15-8-4-5-9-16(15)21-14/h1-9,14H,10-12H2,(H,18,19)/t14-/m1/s1. The van der Waals surface area contributed by atoms with Crippen LogP contribution in [0.3, 0.4) is 0 Å². The van der Waals surface area contributed by atoms with E-state index in [4.69, 9.17) is 9.47 Å². The highest BCUT2D eigenvalue weighted by Crippen LogP contribution is 2.30. The molecule has 1 aliphatic heterocycles. The van der Waals surface area contributed by atoms with E-state index in [2.05, 4.69) is 5.32 Å². The fourth-order valence-corrected chi connectivity index (χ4v) is 2.24. The van der Waals surface area contributed by atoms with Gasteiger partial charge in [-0.25, -0.2) is 0 Å². The van der Waals surface area contributed by atoms with E-state index in [1.165, 1.54) is 0 Å². The van der Waals surface area contributed by atoms with Crippen molar-refractivity contribution >= 4 is 5.91 Å². The van der Waals surface area contributed by atoms with Crippen LogP contribution in [0.4, 0.5) is 0 Å². The van der Waals surface area contributed by atoms with Crippen LogP contribution in [-0.2, 0) is 11.2 Å². The van der Waals surface area contributed by atoms with Crippen LogP contribution in [0, 0.1) is 0 Å². The first-order valence-corrected chi connectivity index (χ1v) is 7.00. The smallest absolute Gasteiger partial charge is 0.224 e. The molecule has 2 aromatic rings. The summed E-state index contributed by atoms with van der Waals surface area (Å²) in [5.41, 5.74) is 1.00. The van der Waals surface area contributed by atoms with Gasteiger partial charge in [-0.05, 0) is 17.7 Å². The Kier molecular flexibility index (Phi) is 4.05. The lowest BCUT2D eigenvalue weighted by Crippen LogP contribution is -2.41. The number of benzene rings is 2. The van der Waals surface area contributed by atoms with Crippen LogP contribution >= 0.6 is 0 Å². The van der Waals surface area contributed by atoms with E-state index in [1.807, 2.05) is 54.6 Å². The predicted molar refractivity (Wildman–Crippen MR) is 79.5 cm³/mol. The second-order valence-corrected chi connectivity index (χ2v) is 4.96. The number of fused-ring (bicyclic) bond motifs is 1. The highest BCUT2D eigenvalue weighted by molar-refractivity contribution is 5.78. The molecular weight excluding hydrogens is 266 g/mol. The lowest BCUT2D eigenvalue weighted by Gasteiger charge is -2.26. The van der Waals surface area contributed by atoms with Gasteiger partial charge in [0.25, 0.3) is 0 Å². The molecule has 108 valence electrons. The highest BCUT2D eigenvalue weighted by atomic mass is 16.6. The number of rotatable bonds is 4. The number of carbonyl (C=O) groups is 1. The Morgan fingerprint density at radius 3 is 2.57 bits per heavy atom. The number of hydrogen-bond donors (Lipinski definition) is 1. The SMILES string of the molecule is O=C(Cc1ccccc1)NC[C@@H]1COc2ccccc2O1. The highest BCUT2D eigenvalue weighted by Gasteiger charge is 2.20. The molecule has 0 spiro atoms. The summed E-state index contributed by atoms with van der Waals surface area (Å²) in [7, 11) is 0. The number of nitrogens with one attached hydrogen (secondary N) is 1. The van der Waals surface area contributed by atoms with Crippen LogP contribution in [0.2, 0.25) is 0 Å². The van der Waals surface area contributed by atoms with E-state index in [-0.39, 0.29) is 12.0 Å². The van der Waals surface area contributed by atoms with Crippen LogP contribution in [0.25, 0.3) is 0 Å². The van der Waals surface area contributed by atoms with E-state index in [9.17, 15) is 4.79 Å². The average Bonchev–Trinajstić information content (AvgIpc) is 2.54. The van der Waals surface area contributed by atoms with Gasteiger partial charge < -0.3 is 14.8 Å². The first-order valence-electron chi connectivity index (χ1n) is 7.00. The molecule has 1 amide bonds. The molecule has 4 heteroatoms. The zero-order chi connectivity index (χ0) is 14.5. The maximum Gasteiger partial charge on any atom is 0.224 e. The van der Waals surface area contributed by atoms with Gasteiger partial charge in [-0.2, -0.15) is 0 Å². The van der Waals surface area contributed by atoms with Crippen molar-refractivity contribution in [2.75, 3.05) is 13.2 Å². The van der Waals surface area contributed by atoms with Gasteiger partial charge in [0, 0.05) is 0 Å². The van der Waals surface area contributed by atoms with E-state index >= 15 is 0 Å². The number of carbonyl (C=O) groups excluding carboxylic acids is 1. The largest absolute Gasteiger partial charge is 0.486 e. The van der Waals surface area contributed by atoms with Crippen LogP contribution in [0.15, 0.2) is 54.6 Å². The third-order valence-electron chi connectivity index (χ3n) is 3.30. The minimum atomic E-state index is -0.153. The Labute approximate surface area is 123 Å². The molecule has 2 aromatic carbocycles. The normalized spacial score (nSPS) is 16.3. The van der Waals surface area contributed by atoms with Gasteiger partial charge in [0.05, 0.1) is 13.0 Å². The van der Waals surface area contributed by atoms with E-state index in [0.29, 0.717) is 19.6 Å². The number of para-hydroxylation sites is 2. The fourth-order valence-electron chi connectivity index (χ4n) is 2.24. The summed E-state index contributed by atoms with van der Waals surface area (Å²) in [5.74, 6) is 1.47. The van der Waals surface area contributed by atoms with E-state index < -0.39 is 0 Å². The molecule has 0 fully saturated rings. The Hall–Kier alpha value is -2.49. The van der Waals surface area contributed by atoms with E-state index in [0.717, 1.165) is 17.1 Å². The summed E-state index contributed by atoms with van der Waals surface area (Å²) in [6.45, 7) is 0.891. The Morgan fingerprint density at radius 2 is 1.76 bits per heavy atom. The number of hydrogen-bond acceptors (Lipinski definition) is 3. The van der Waals surface area contributed by atoms with E-state index in [1.54, 1.807) is 0 Å². The molecule has 1 aliphatic rings. The van der Waals surface area contributed by atoms with Crippen LogP contribution in [0.1, 0.15) is 5.56 Å². The minimum Gasteiger partial charge on any atom is -0.486 e. The van der Waals surface area contributed by atoms with Gasteiger partial charge in [-0.3, -0.25) is 4.79 Å². The summed E-state index contributed by atoms with van der Waals surface area (Å²) in [6.07, 6.45) is 0.227. The van der Waals surface area contributed by atoms with Crippen molar-refractivity contribution in [1.82, 2.24) is 5.32 Å². The van der Waals surface area contributed by atoms with Crippen molar-refractivity contribution in [1.29, 1.82) is 0 Å². The van der Waals surface area contributed by atoms with Crippen molar-refractivity contribution in [3.05, 3.63) is 60.2 Å². The summed E-state index contributed by atoms with van der Waals surface area (Å²) < 4.78 is 11.4. The molecule has 0 bridgehead atoms. The molecule has 0 unspecified atom stereocenters. The lowest BCUT2D eigenvalue weighted by molar-refractivity contribution is -0.120.